The Bertz CT molecular complexity index is 900. The molecule has 0 radical (unpaired) electrons. The van der Waals surface area contributed by atoms with Crippen LogP contribution >= 0.6 is 0 Å². The Hall–Kier alpha value is -2.07. The van der Waals surface area contributed by atoms with Gasteiger partial charge in [-0.3, -0.25) is 4.57 Å². The van der Waals surface area contributed by atoms with Crippen molar-refractivity contribution in [2.45, 2.75) is 63.0 Å². The summed E-state index contributed by atoms with van der Waals surface area (Å²) in [5.41, 5.74) is 5.07. The molecule has 4 nitrogen and oxygen atoms in total. The second kappa shape index (κ2) is 5.96. The van der Waals surface area contributed by atoms with E-state index in [9.17, 15) is 0 Å². The van der Waals surface area contributed by atoms with Crippen LogP contribution in [0.2, 0.25) is 0 Å². The third kappa shape index (κ3) is 2.57. The number of hydrogen-bond donors (Lipinski definition) is 0. The maximum atomic E-state index is 6.53. The van der Waals surface area contributed by atoms with E-state index in [1.165, 1.54) is 55.0 Å². The molecule has 1 aromatic carbocycles. The number of rotatable bonds is 2. The van der Waals surface area contributed by atoms with E-state index in [1.807, 2.05) is 6.33 Å². The van der Waals surface area contributed by atoms with Crippen LogP contribution in [0.3, 0.4) is 0 Å². The highest BCUT2D eigenvalue weighted by Crippen LogP contribution is 2.43. The van der Waals surface area contributed by atoms with Gasteiger partial charge in [0.2, 0.25) is 0 Å². The van der Waals surface area contributed by atoms with Gasteiger partial charge >= 0.3 is 0 Å². The molecule has 6 rings (SSSR count). The molecule has 2 aromatic rings. The molecule has 27 heavy (non-hydrogen) atoms. The Balaban J connectivity index is 1.24. The highest BCUT2D eigenvalue weighted by Gasteiger charge is 2.43. The first-order valence-electron chi connectivity index (χ1n) is 10.6. The van der Waals surface area contributed by atoms with Gasteiger partial charge in [0.25, 0.3) is 0 Å². The third-order valence-corrected chi connectivity index (χ3v) is 7.17. The summed E-state index contributed by atoms with van der Waals surface area (Å²) >= 11 is 0. The standard InChI is InChI=1S/C23H27N3O/c1-2-7-21-20(6-1)24-16-26(21)19-8-9-22-17(14-19)15-23(27-22)10-12-25(13-11-23)18-4-3-5-18/h2,7-9,14,16,18H,1,3-6,10-13,15H2. The average Bonchev–Trinajstić information content (AvgIpc) is 3.23. The predicted octanol–water partition coefficient (Wildman–Crippen LogP) is 4.15. The van der Waals surface area contributed by atoms with Crippen molar-refractivity contribution in [2.75, 3.05) is 13.1 Å². The Morgan fingerprint density at radius 1 is 1.15 bits per heavy atom. The second-order valence-corrected chi connectivity index (χ2v) is 8.76. The first-order valence-corrected chi connectivity index (χ1v) is 10.6. The maximum Gasteiger partial charge on any atom is 0.123 e. The van der Waals surface area contributed by atoms with Crippen LogP contribution in [0.1, 0.15) is 55.5 Å². The van der Waals surface area contributed by atoms with Gasteiger partial charge in [-0.25, -0.2) is 4.98 Å². The predicted molar refractivity (Wildman–Crippen MR) is 106 cm³/mol. The molecule has 140 valence electrons. The molecule has 0 amide bonds. The lowest BCUT2D eigenvalue weighted by molar-refractivity contribution is -0.00746. The number of imidazole rings is 1. The summed E-state index contributed by atoms with van der Waals surface area (Å²) in [6.07, 6.45) is 16.2. The molecule has 3 heterocycles. The minimum atomic E-state index is 0.0372. The zero-order valence-corrected chi connectivity index (χ0v) is 15.9. The smallest absolute Gasteiger partial charge is 0.123 e. The fraction of sp³-hybridized carbons (Fsp3) is 0.522. The van der Waals surface area contributed by atoms with Crippen LogP contribution in [0.15, 0.2) is 30.6 Å². The first-order chi connectivity index (χ1) is 13.3. The Morgan fingerprint density at radius 3 is 2.85 bits per heavy atom. The summed E-state index contributed by atoms with van der Waals surface area (Å²) < 4.78 is 8.77. The highest BCUT2D eigenvalue weighted by atomic mass is 16.5. The van der Waals surface area contributed by atoms with E-state index < -0.39 is 0 Å². The van der Waals surface area contributed by atoms with E-state index in [1.54, 1.807) is 0 Å². The van der Waals surface area contributed by atoms with Gasteiger partial charge in [-0.2, -0.15) is 0 Å². The molecule has 1 spiro atoms. The fourth-order valence-corrected chi connectivity index (χ4v) is 5.28. The Labute approximate surface area is 160 Å². The zero-order valence-electron chi connectivity index (χ0n) is 15.9. The molecule has 0 unspecified atom stereocenters. The van der Waals surface area contributed by atoms with Crippen LogP contribution in [-0.2, 0) is 12.8 Å². The lowest BCUT2D eigenvalue weighted by Gasteiger charge is -2.45. The first kappa shape index (κ1) is 15.9. The van der Waals surface area contributed by atoms with Gasteiger partial charge in [0.05, 0.1) is 17.7 Å². The number of likely N-dealkylation sites (tertiary alicyclic amines) is 1. The summed E-state index contributed by atoms with van der Waals surface area (Å²) in [7, 11) is 0. The number of aryl methyl sites for hydroxylation is 1. The van der Waals surface area contributed by atoms with Crippen LogP contribution in [0.25, 0.3) is 11.8 Å². The number of allylic oxidation sites excluding steroid dienone is 1. The number of piperidine rings is 1. The topological polar surface area (TPSA) is 30.3 Å². The van der Waals surface area contributed by atoms with Crippen molar-refractivity contribution in [3.05, 3.63) is 47.6 Å². The van der Waals surface area contributed by atoms with E-state index in [2.05, 4.69) is 44.8 Å². The molecule has 2 aliphatic carbocycles. The van der Waals surface area contributed by atoms with E-state index in [0.29, 0.717) is 0 Å². The molecular weight excluding hydrogens is 334 g/mol. The lowest BCUT2D eigenvalue weighted by Crippen LogP contribution is -2.52. The van der Waals surface area contributed by atoms with Gasteiger partial charge in [-0.1, -0.05) is 12.5 Å². The van der Waals surface area contributed by atoms with E-state index in [4.69, 9.17) is 4.74 Å². The van der Waals surface area contributed by atoms with Crippen LogP contribution in [0, 0.1) is 0 Å². The van der Waals surface area contributed by atoms with Gasteiger partial charge in [0.15, 0.2) is 0 Å². The van der Waals surface area contributed by atoms with Crippen molar-refractivity contribution in [1.29, 1.82) is 0 Å². The Kier molecular flexibility index (Phi) is 3.52. The largest absolute Gasteiger partial charge is 0.487 e. The quantitative estimate of drug-likeness (QED) is 0.805. The van der Waals surface area contributed by atoms with Crippen molar-refractivity contribution >= 4 is 6.08 Å². The van der Waals surface area contributed by atoms with Crippen molar-refractivity contribution < 1.29 is 4.74 Å². The number of hydrogen-bond acceptors (Lipinski definition) is 3. The summed E-state index contributed by atoms with van der Waals surface area (Å²) in [6.45, 7) is 2.40. The van der Waals surface area contributed by atoms with Gasteiger partial charge in [-0.05, 0) is 50.0 Å². The molecule has 1 saturated heterocycles. The SMILES string of the molecule is C1=Cc2c(ncn2-c2ccc3c(c2)CC2(CCN(C4CCC4)CC2)O3)CC1. The van der Waals surface area contributed by atoms with Crippen LogP contribution < -0.4 is 4.74 Å². The number of fused-ring (bicyclic) bond motifs is 2. The molecule has 0 atom stereocenters. The molecule has 4 aliphatic rings. The fourth-order valence-electron chi connectivity index (χ4n) is 5.28. The van der Waals surface area contributed by atoms with Crippen LogP contribution in [0.4, 0.5) is 0 Å². The van der Waals surface area contributed by atoms with E-state index in [0.717, 1.165) is 43.9 Å². The number of nitrogens with zero attached hydrogens (tertiary/aromatic N) is 3. The number of aromatic nitrogens is 2. The van der Waals surface area contributed by atoms with Gasteiger partial charge in [-0.15, -0.1) is 0 Å². The van der Waals surface area contributed by atoms with E-state index >= 15 is 0 Å². The van der Waals surface area contributed by atoms with Crippen molar-refractivity contribution in [3.8, 4) is 11.4 Å². The molecule has 0 bridgehead atoms. The molecule has 1 aromatic heterocycles. The zero-order chi connectivity index (χ0) is 17.8. The van der Waals surface area contributed by atoms with Crippen molar-refractivity contribution in [2.24, 2.45) is 0 Å². The molecule has 2 fully saturated rings. The molecule has 4 heteroatoms. The summed E-state index contributed by atoms with van der Waals surface area (Å²) in [5, 5.41) is 0. The van der Waals surface area contributed by atoms with Crippen molar-refractivity contribution in [1.82, 2.24) is 14.5 Å². The summed E-state index contributed by atoms with van der Waals surface area (Å²) in [4.78, 5) is 7.33. The average molecular weight is 361 g/mol. The second-order valence-electron chi connectivity index (χ2n) is 8.76. The normalized spacial score (nSPS) is 23.7. The van der Waals surface area contributed by atoms with E-state index in [-0.39, 0.29) is 5.60 Å². The number of ether oxygens (including phenoxy) is 1. The van der Waals surface area contributed by atoms with Gasteiger partial charge in [0.1, 0.15) is 11.4 Å². The molecular formula is C23H27N3O. The third-order valence-electron chi connectivity index (χ3n) is 7.17. The van der Waals surface area contributed by atoms with Gasteiger partial charge < -0.3 is 9.64 Å². The van der Waals surface area contributed by atoms with Crippen LogP contribution in [0.5, 0.6) is 5.75 Å². The monoisotopic (exact) mass is 361 g/mol. The van der Waals surface area contributed by atoms with Crippen LogP contribution in [-0.4, -0.2) is 39.2 Å². The number of benzene rings is 1. The summed E-state index contributed by atoms with van der Waals surface area (Å²) in [6, 6.07) is 7.55. The lowest BCUT2D eigenvalue weighted by atomic mass is 9.83. The van der Waals surface area contributed by atoms with Gasteiger partial charge in [0, 0.05) is 49.6 Å². The molecule has 2 aliphatic heterocycles. The van der Waals surface area contributed by atoms with Crippen molar-refractivity contribution in [3.63, 3.8) is 0 Å². The molecule has 1 saturated carbocycles. The highest BCUT2D eigenvalue weighted by molar-refractivity contribution is 5.56. The summed E-state index contributed by atoms with van der Waals surface area (Å²) in [5.74, 6) is 1.10. The Morgan fingerprint density at radius 2 is 2.04 bits per heavy atom. The minimum absolute atomic E-state index is 0.0372. The maximum absolute atomic E-state index is 6.53. The minimum Gasteiger partial charge on any atom is -0.487 e. The molecule has 0 N–H and O–H groups in total.